The Kier molecular flexibility index (Phi) is 5.63. The Labute approximate surface area is 159 Å². The van der Waals surface area contributed by atoms with Crippen molar-refractivity contribution in [2.75, 3.05) is 0 Å². The summed E-state index contributed by atoms with van der Waals surface area (Å²) in [6, 6.07) is 18.1. The zero-order valence-corrected chi connectivity index (χ0v) is 14.9. The summed E-state index contributed by atoms with van der Waals surface area (Å²) in [5.74, 6) is -0.0679. The van der Waals surface area contributed by atoms with Gasteiger partial charge in [0.05, 0.1) is 11.8 Å². The summed E-state index contributed by atoms with van der Waals surface area (Å²) < 4.78 is 44.4. The molecule has 0 saturated heterocycles. The van der Waals surface area contributed by atoms with Crippen LogP contribution in [0, 0.1) is 0 Å². The summed E-state index contributed by atoms with van der Waals surface area (Å²) in [5, 5.41) is 5.63. The average Bonchev–Trinajstić information content (AvgIpc) is 2.67. The highest BCUT2D eigenvalue weighted by molar-refractivity contribution is 5.86. The van der Waals surface area contributed by atoms with E-state index in [-0.39, 0.29) is 5.56 Å². The number of fused-ring (bicyclic) bond motifs is 1. The highest BCUT2D eigenvalue weighted by atomic mass is 19.4. The molecule has 1 atom stereocenters. The predicted octanol–water partition coefficient (Wildman–Crippen LogP) is 4.78. The molecule has 0 aromatic heterocycles. The quantitative estimate of drug-likeness (QED) is 0.507. The van der Waals surface area contributed by atoms with Crippen LogP contribution >= 0.6 is 0 Å². The van der Waals surface area contributed by atoms with E-state index in [2.05, 4.69) is 10.5 Å². The maximum Gasteiger partial charge on any atom is 0.417 e. The molecule has 1 unspecified atom stereocenters. The van der Waals surface area contributed by atoms with Gasteiger partial charge in [0.2, 0.25) is 0 Å². The van der Waals surface area contributed by atoms with Gasteiger partial charge in [-0.05, 0) is 35.9 Å². The van der Waals surface area contributed by atoms with Crippen LogP contribution in [0.15, 0.2) is 71.8 Å². The van der Waals surface area contributed by atoms with Gasteiger partial charge in [0, 0.05) is 5.56 Å². The van der Waals surface area contributed by atoms with Gasteiger partial charge < -0.3 is 4.74 Å². The molecule has 0 aliphatic rings. The summed E-state index contributed by atoms with van der Waals surface area (Å²) >= 11 is 0. The number of ether oxygens (including phenoxy) is 1. The second kappa shape index (κ2) is 8.12. The number of benzene rings is 3. The number of halogens is 3. The van der Waals surface area contributed by atoms with Gasteiger partial charge in [-0.25, -0.2) is 5.43 Å². The first-order valence-electron chi connectivity index (χ1n) is 8.49. The number of hydrogen-bond acceptors (Lipinski definition) is 3. The molecular formula is C21H17F3N2O2. The zero-order chi connectivity index (χ0) is 20.1. The van der Waals surface area contributed by atoms with Gasteiger partial charge in [0.15, 0.2) is 6.10 Å². The van der Waals surface area contributed by atoms with Crippen molar-refractivity contribution in [3.63, 3.8) is 0 Å². The SMILES string of the molecule is CC(Oc1ccc2ccccc2c1)C(=O)NN=Cc1ccccc1C(F)(F)F. The van der Waals surface area contributed by atoms with E-state index in [4.69, 9.17) is 4.74 Å². The lowest BCUT2D eigenvalue weighted by atomic mass is 10.1. The van der Waals surface area contributed by atoms with Crippen molar-refractivity contribution in [2.24, 2.45) is 5.10 Å². The number of carbonyl (C=O) groups excluding carboxylic acids is 1. The lowest BCUT2D eigenvalue weighted by Crippen LogP contribution is -2.33. The predicted molar refractivity (Wildman–Crippen MR) is 101 cm³/mol. The van der Waals surface area contributed by atoms with Crippen LogP contribution in [0.2, 0.25) is 0 Å². The van der Waals surface area contributed by atoms with Crippen molar-refractivity contribution >= 4 is 22.9 Å². The Morgan fingerprint density at radius 3 is 2.46 bits per heavy atom. The van der Waals surface area contributed by atoms with Crippen LogP contribution in [0.25, 0.3) is 10.8 Å². The lowest BCUT2D eigenvalue weighted by molar-refractivity contribution is -0.137. The van der Waals surface area contributed by atoms with Crippen molar-refractivity contribution in [1.82, 2.24) is 5.43 Å². The van der Waals surface area contributed by atoms with Gasteiger partial charge >= 0.3 is 6.18 Å². The fourth-order valence-corrected chi connectivity index (χ4v) is 2.62. The van der Waals surface area contributed by atoms with Gasteiger partial charge in [0.1, 0.15) is 5.75 Å². The Bertz CT molecular complexity index is 1020. The molecule has 0 saturated carbocycles. The Balaban J connectivity index is 1.64. The number of hydrazone groups is 1. The zero-order valence-electron chi connectivity index (χ0n) is 14.9. The molecule has 0 aliphatic heterocycles. The molecule has 1 N–H and O–H groups in total. The van der Waals surface area contributed by atoms with E-state index in [1.54, 1.807) is 6.07 Å². The Morgan fingerprint density at radius 1 is 1.04 bits per heavy atom. The molecule has 3 rings (SSSR count). The minimum absolute atomic E-state index is 0.140. The molecule has 0 bridgehead atoms. The molecule has 7 heteroatoms. The second-order valence-electron chi connectivity index (χ2n) is 6.09. The summed E-state index contributed by atoms with van der Waals surface area (Å²) in [7, 11) is 0. The van der Waals surface area contributed by atoms with Crippen LogP contribution < -0.4 is 10.2 Å². The molecule has 0 spiro atoms. The van der Waals surface area contributed by atoms with E-state index >= 15 is 0 Å². The summed E-state index contributed by atoms with van der Waals surface area (Å²) in [6.45, 7) is 1.53. The summed E-state index contributed by atoms with van der Waals surface area (Å²) in [4.78, 5) is 12.1. The number of alkyl halides is 3. The first-order valence-corrected chi connectivity index (χ1v) is 8.49. The van der Waals surface area contributed by atoms with Gasteiger partial charge in [0.25, 0.3) is 5.91 Å². The van der Waals surface area contributed by atoms with Gasteiger partial charge in [-0.15, -0.1) is 0 Å². The van der Waals surface area contributed by atoms with Crippen LogP contribution in [0.5, 0.6) is 5.75 Å². The van der Waals surface area contributed by atoms with E-state index in [0.29, 0.717) is 5.75 Å². The number of amides is 1. The monoisotopic (exact) mass is 386 g/mol. The molecule has 28 heavy (non-hydrogen) atoms. The molecule has 0 aliphatic carbocycles. The largest absolute Gasteiger partial charge is 0.481 e. The van der Waals surface area contributed by atoms with Crippen LogP contribution in [-0.2, 0) is 11.0 Å². The molecule has 0 radical (unpaired) electrons. The number of nitrogens with zero attached hydrogens (tertiary/aromatic N) is 1. The standard InChI is InChI=1S/C21H17F3N2O2/c1-14(28-18-11-10-15-6-2-3-7-16(15)12-18)20(27)26-25-13-17-8-4-5-9-19(17)21(22,23)24/h2-14H,1H3,(H,26,27). The average molecular weight is 386 g/mol. The third-order valence-electron chi connectivity index (χ3n) is 4.05. The van der Waals surface area contributed by atoms with Crippen molar-refractivity contribution in [1.29, 1.82) is 0 Å². The third-order valence-corrected chi connectivity index (χ3v) is 4.05. The fraction of sp³-hybridized carbons (Fsp3) is 0.143. The Hall–Kier alpha value is -3.35. The molecule has 3 aromatic rings. The second-order valence-corrected chi connectivity index (χ2v) is 6.09. The normalized spacial score (nSPS) is 12.9. The molecular weight excluding hydrogens is 369 g/mol. The third kappa shape index (κ3) is 4.68. The maximum absolute atomic E-state index is 12.9. The van der Waals surface area contributed by atoms with Crippen LogP contribution in [0.3, 0.4) is 0 Å². The Morgan fingerprint density at radius 2 is 1.71 bits per heavy atom. The van der Waals surface area contributed by atoms with Crippen molar-refractivity contribution in [3.8, 4) is 5.75 Å². The van der Waals surface area contributed by atoms with Gasteiger partial charge in [-0.1, -0.05) is 48.5 Å². The van der Waals surface area contributed by atoms with Gasteiger partial charge in [-0.2, -0.15) is 18.3 Å². The number of carbonyl (C=O) groups is 1. The highest BCUT2D eigenvalue weighted by Gasteiger charge is 2.32. The van der Waals surface area contributed by atoms with Crippen LogP contribution in [0.1, 0.15) is 18.1 Å². The number of rotatable bonds is 5. The molecule has 4 nitrogen and oxygen atoms in total. The molecule has 1 amide bonds. The molecule has 144 valence electrons. The van der Waals surface area contributed by atoms with E-state index < -0.39 is 23.8 Å². The van der Waals surface area contributed by atoms with E-state index in [1.807, 2.05) is 36.4 Å². The highest BCUT2D eigenvalue weighted by Crippen LogP contribution is 2.31. The summed E-state index contributed by atoms with van der Waals surface area (Å²) in [5.41, 5.74) is 1.24. The van der Waals surface area contributed by atoms with Crippen molar-refractivity contribution in [3.05, 3.63) is 77.9 Å². The first-order chi connectivity index (χ1) is 13.3. The van der Waals surface area contributed by atoms with Gasteiger partial charge in [-0.3, -0.25) is 4.79 Å². The summed E-state index contributed by atoms with van der Waals surface area (Å²) in [6.07, 6.45) is -4.42. The number of hydrogen-bond donors (Lipinski definition) is 1. The smallest absolute Gasteiger partial charge is 0.417 e. The molecule has 0 heterocycles. The van der Waals surface area contributed by atoms with Crippen molar-refractivity contribution in [2.45, 2.75) is 19.2 Å². The van der Waals surface area contributed by atoms with E-state index in [1.165, 1.54) is 25.1 Å². The van der Waals surface area contributed by atoms with Crippen LogP contribution in [-0.4, -0.2) is 18.2 Å². The molecule has 3 aromatic carbocycles. The first kappa shape index (κ1) is 19.4. The topological polar surface area (TPSA) is 50.7 Å². The fourth-order valence-electron chi connectivity index (χ4n) is 2.62. The molecule has 0 fully saturated rings. The van der Waals surface area contributed by atoms with Crippen LogP contribution in [0.4, 0.5) is 13.2 Å². The minimum atomic E-state index is -4.50. The van der Waals surface area contributed by atoms with E-state index in [0.717, 1.165) is 23.1 Å². The minimum Gasteiger partial charge on any atom is -0.481 e. The maximum atomic E-state index is 12.9. The van der Waals surface area contributed by atoms with Crippen molar-refractivity contribution < 1.29 is 22.7 Å². The lowest BCUT2D eigenvalue weighted by Gasteiger charge is -2.13. The number of nitrogens with one attached hydrogen (secondary N) is 1. The van der Waals surface area contributed by atoms with E-state index in [9.17, 15) is 18.0 Å².